The summed E-state index contributed by atoms with van der Waals surface area (Å²) >= 11 is 0. The zero-order valence-corrected chi connectivity index (χ0v) is 10.7. The second-order valence-electron chi connectivity index (χ2n) is 6.04. The first-order valence-electron chi connectivity index (χ1n) is 7.11. The Morgan fingerprint density at radius 1 is 1.18 bits per heavy atom. The molecular weight excluding hydrogens is 206 g/mol. The molecule has 0 radical (unpaired) electrons. The quantitative estimate of drug-likeness (QED) is 0.834. The monoisotopic (exact) mass is 229 g/mol. The van der Waals surface area contributed by atoms with Crippen LogP contribution in [0, 0.1) is 11.8 Å². The van der Waals surface area contributed by atoms with Crippen molar-refractivity contribution < 1.29 is 0 Å². The number of benzene rings is 1. The molecule has 1 nitrogen and oxygen atoms in total. The molecule has 0 saturated heterocycles. The minimum Gasteiger partial charge on any atom is -0.311 e. The van der Waals surface area contributed by atoms with E-state index in [0.717, 1.165) is 24.3 Å². The summed E-state index contributed by atoms with van der Waals surface area (Å²) in [5.74, 6) is 2.03. The summed E-state index contributed by atoms with van der Waals surface area (Å²) in [4.78, 5) is 0. The van der Waals surface area contributed by atoms with Crippen molar-refractivity contribution in [2.45, 2.75) is 51.1 Å². The van der Waals surface area contributed by atoms with Crippen LogP contribution in [0.25, 0.3) is 0 Å². The first-order chi connectivity index (χ1) is 8.31. The fourth-order valence-corrected chi connectivity index (χ4v) is 3.84. The van der Waals surface area contributed by atoms with Crippen molar-refractivity contribution in [1.82, 2.24) is 5.32 Å². The van der Waals surface area contributed by atoms with Crippen LogP contribution in [-0.4, -0.2) is 12.1 Å². The van der Waals surface area contributed by atoms with Gasteiger partial charge in [-0.25, -0.2) is 0 Å². The molecular formula is C16H23N. The molecule has 0 unspecified atom stereocenters. The van der Waals surface area contributed by atoms with Gasteiger partial charge in [-0.1, -0.05) is 36.8 Å². The molecule has 1 aromatic rings. The lowest BCUT2D eigenvalue weighted by atomic mass is 9.94. The van der Waals surface area contributed by atoms with Gasteiger partial charge in [0.2, 0.25) is 0 Å². The van der Waals surface area contributed by atoms with E-state index in [1.54, 1.807) is 0 Å². The van der Waals surface area contributed by atoms with Crippen molar-refractivity contribution in [3.8, 4) is 0 Å². The van der Waals surface area contributed by atoms with Gasteiger partial charge in [0.05, 0.1) is 0 Å². The molecule has 0 aromatic heterocycles. The van der Waals surface area contributed by atoms with Gasteiger partial charge in [0.25, 0.3) is 0 Å². The molecule has 2 aliphatic rings. The fourth-order valence-electron chi connectivity index (χ4n) is 3.84. The Hall–Kier alpha value is -0.820. The number of hydrogen-bond donors (Lipinski definition) is 1. The average Bonchev–Trinajstić information content (AvgIpc) is 2.92. The van der Waals surface area contributed by atoms with Crippen LogP contribution < -0.4 is 5.32 Å². The standard InChI is InChI=1S/C16H23N/c1-12(9-13-5-3-2-4-6-13)17-16-11-14-7-8-15(16)10-14/h2-6,12,14-17H,7-11H2,1H3/t12-,14+,15+,16-/m0/s1. The first kappa shape index (κ1) is 11.3. The van der Waals surface area contributed by atoms with E-state index in [1.807, 2.05) is 0 Å². The Bertz CT molecular complexity index is 359. The van der Waals surface area contributed by atoms with Gasteiger partial charge in [-0.3, -0.25) is 0 Å². The normalized spacial score (nSPS) is 32.9. The Morgan fingerprint density at radius 2 is 2.00 bits per heavy atom. The van der Waals surface area contributed by atoms with Crippen molar-refractivity contribution in [2.75, 3.05) is 0 Å². The van der Waals surface area contributed by atoms with Crippen LogP contribution in [0.3, 0.4) is 0 Å². The van der Waals surface area contributed by atoms with Gasteiger partial charge >= 0.3 is 0 Å². The maximum atomic E-state index is 3.86. The van der Waals surface area contributed by atoms with Gasteiger partial charge < -0.3 is 5.32 Å². The molecule has 1 heteroatoms. The molecule has 92 valence electrons. The third-order valence-corrected chi connectivity index (χ3v) is 4.62. The Morgan fingerprint density at radius 3 is 2.65 bits per heavy atom. The number of nitrogens with one attached hydrogen (secondary N) is 1. The predicted molar refractivity (Wildman–Crippen MR) is 72.0 cm³/mol. The van der Waals surface area contributed by atoms with Crippen molar-refractivity contribution in [3.05, 3.63) is 35.9 Å². The third-order valence-electron chi connectivity index (χ3n) is 4.62. The van der Waals surface area contributed by atoms with Crippen LogP contribution in [-0.2, 0) is 6.42 Å². The second-order valence-corrected chi connectivity index (χ2v) is 6.04. The SMILES string of the molecule is C[C@@H](Cc1ccccc1)N[C@H]1C[C@@H]2CC[C@@H]1C2. The highest BCUT2D eigenvalue weighted by Crippen LogP contribution is 2.44. The van der Waals surface area contributed by atoms with Crippen molar-refractivity contribution >= 4 is 0 Å². The minimum atomic E-state index is 0.613. The molecule has 0 heterocycles. The van der Waals surface area contributed by atoms with E-state index in [4.69, 9.17) is 0 Å². The topological polar surface area (TPSA) is 12.0 Å². The summed E-state index contributed by atoms with van der Waals surface area (Å²) in [7, 11) is 0. The Kier molecular flexibility index (Phi) is 3.19. The average molecular weight is 229 g/mol. The van der Waals surface area contributed by atoms with Crippen molar-refractivity contribution in [2.24, 2.45) is 11.8 Å². The summed E-state index contributed by atoms with van der Waals surface area (Å²) in [5.41, 5.74) is 1.45. The zero-order valence-electron chi connectivity index (χ0n) is 10.7. The van der Waals surface area contributed by atoms with Crippen molar-refractivity contribution in [3.63, 3.8) is 0 Å². The smallest absolute Gasteiger partial charge is 0.0101 e. The highest BCUT2D eigenvalue weighted by Gasteiger charge is 2.39. The lowest BCUT2D eigenvalue weighted by Gasteiger charge is -2.27. The molecule has 2 fully saturated rings. The summed E-state index contributed by atoms with van der Waals surface area (Å²) in [6, 6.07) is 12.3. The number of hydrogen-bond acceptors (Lipinski definition) is 1. The van der Waals surface area contributed by atoms with Gasteiger partial charge in [0.1, 0.15) is 0 Å². The van der Waals surface area contributed by atoms with Gasteiger partial charge in [-0.15, -0.1) is 0 Å². The second kappa shape index (κ2) is 4.81. The predicted octanol–water partition coefficient (Wildman–Crippen LogP) is 3.40. The van der Waals surface area contributed by atoms with Crippen LogP contribution in [0.1, 0.15) is 38.2 Å². The maximum Gasteiger partial charge on any atom is 0.0101 e. The summed E-state index contributed by atoms with van der Waals surface area (Å²) in [6.45, 7) is 2.33. The largest absolute Gasteiger partial charge is 0.311 e. The molecule has 2 bridgehead atoms. The molecule has 0 aliphatic heterocycles. The van der Waals surface area contributed by atoms with E-state index in [0.29, 0.717) is 6.04 Å². The lowest BCUT2D eigenvalue weighted by molar-refractivity contribution is 0.323. The van der Waals surface area contributed by atoms with Crippen LogP contribution in [0.5, 0.6) is 0 Å². The molecule has 0 spiro atoms. The Labute approximate surface area is 105 Å². The molecule has 3 rings (SSSR count). The molecule has 2 saturated carbocycles. The fraction of sp³-hybridized carbons (Fsp3) is 0.625. The highest BCUT2D eigenvalue weighted by molar-refractivity contribution is 5.15. The van der Waals surface area contributed by atoms with Crippen LogP contribution in [0.2, 0.25) is 0 Å². The van der Waals surface area contributed by atoms with E-state index in [1.165, 1.54) is 31.2 Å². The number of fused-ring (bicyclic) bond motifs is 2. The van der Waals surface area contributed by atoms with Gasteiger partial charge in [0.15, 0.2) is 0 Å². The van der Waals surface area contributed by atoms with E-state index in [-0.39, 0.29) is 0 Å². The van der Waals surface area contributed by atoms with Crippen LogP contribution >= 0.6 is 0 Å². The van der Waals surface area contributed by atoms with E-state index in [9.17, 15) is 0 Å². The van der Waals surface area contributed by atoms with Gasteiger partial charge in [0, 0.05) is 12.1 Å². The highest BCUT2D eigenvalue weighted by atomic mass is 15.0. The van der Waals surface area contributed by atoms with E-state index >= 15 is 0 Å². The third kappa shape index (κ3) is 2.55. The van der Waals surface area contributed by atoms with Crippen LogP contribution in [0.4, 0.5) is 0 Å². The minimum absolute atomic E-state index is 0.613. The summed E-state index contributed by atoms with van der Waals surface area (Å²) < 4.78 is 0. The first-order valence-corrected chi connectivity index (χ1v) is 7.11. The van der Waals surface area contributed by atoms with Gasteiger partial charge in [-0.2, -0.15) is 0 Å². The lowest BCUT2D eigenvalue weighted by Crippen LogP contribution is -2.40. The molecule has 4 atom stereocenters. The number of rotatable bonds is 4. The summed E-state index contributed by atoms with van der Waals surface area (Å²) in [6.07, 6.45) is 7.06. The molecule has 2 aliphatic carbocycles. The maximum absolute atomic E-state index is 3.86. The van der Waals surface area contributed by atoms with Gasteiger partial charge in [-0.05, 0) is 50.0 Å². The van der Waals surface area contributed by atoms with E-state index in [2.05, 4.69) is 42.6 Å². The van der Waals surface area contributed by atoms with Crippen LogP contribution in [0.15, 0.2) is 30.3 Å². The van der Waals surface area contributed by atoms with E-state index < -0.39 is 0 Å². The molecule has 1 N–H and O–H groups in total. The molecule has 17 heavy (non-hydrogen) atoms. The Balaban J connectivity index is 1.52. The summed E-state index contributed by atoms with van der Waals surface area (Å²) in [5, 5.41) is 3.86. The zero-order chi connectivity index (χ0) is 11.7. The van der Waals surface area contributed by atoms with Crippen molar-refractivity contribution in [1.29, 1.82) is 0 Å². The molecule has 0 amide bonds. The molecule has 1 aromatic carbocycles.